The molecule has 1 aromatic heterocycles. The van der Waals surface area contributed by atoms with Crippen LogP contribution in [0.5, 0.6) is 0 Å². The molecular formula is C15H16ClNO3. The van der Waals surface area contributed by atoms with Gasteiger partial charge in [-0.25, -0.2) is 0 Å². The van der Waals surface area contributed by atoms with Gasteiger partial charge in [0.25, 0.3) is 0 Å². The van der Waals surface area contributed by atoms with Crippen LogP contribution in [-0.2, 0) is 22.4 Å². The Balaban J connectivity index is 2.05. The molecule has 0 spiro atoms. The molecule has 2 heterocycles. The standard InChI is InChI=1S/C15H16ClNO3/c16-5-3-9-1-2-12-11(7-9)10-4-6-20-13(8-14(18)19)15(10)17-12/h1-2,7,13,17H,3-6,8H2,(H,18,19). The molecule has 0 bridgehead atoms. The molecule has 1 aliphatic heterocycles. The van der Waals surface area contributed by atoms with Gasteiger partial charge >= 0.3 is 5.97 Å². The summed E-state index contributed by atoms with van der Waals surface area (Å²) in [6, 6.07) is 6.24. The Bertz CT molecular complexity index is 650. The van der Waals surface area contributed by atoms with Gasteiger partial charge in [-0.1, -0.05) is 6.07 Å². The largest absolute Gasteiger partial charge is 0.481 e. The van der Waals surface area contributed by atoms with Crippen molar-refractivity contribution in [3.63, 3.8) is 0 Å². The van der Waals surface area contributed by atoms with Crippen molar-refractivity contribution in [2.45, 2.75) is 25.4 Å². The first-order chi connectivity index (χ1) is 9.69. The molecule has 3 rings (SSSR count). The van der Waals surface area contributed by atoms with Gasteiger partial charge in [-0.3, -0.25) is 4.79 Å². The third-order valence-corrected chi connectivity index (χ3v) is 3.93. The maximum absolute atomic E-state index is 10.9. The number of carboxylic acids is 1. The first-order valence-electron chi connectivity index (χ1n) is 6.71. The van der Waals surface area contributed by atoms with Crippen LogP contribution >= 0.6 is 11.6 Å². The van der Waals surface area contributed by atoms with Crippen molar-refractivity contribution in [3.8, 4) is 0 Å². The molecule has 5 heteroatoms. The quantitative estimate of drug-likeness (QED) is 0.852. The lowest BCUT2D eigenvalue weighted by Crippen LogP contribution is -2.18. The maximum atomic E-state index is 10.9. The summed E-state index contributed by atoms with van der Waals surface area (Å²) in [7, 11) is 0. The van der Waals surface area contributed by atoms with E-state index in [-0.39, 0.29) is 12.5 Å². The Morgan fingerprint density at radius 3 is 3.10 bits per heavy atom. The third kappa shape index (κ3) is 2.41. The summed E-state index contributed by atoms with van der Waals surface area (Å²) in [6.45, 7) is 0.567. The normalized spacial score (nSPS) is 18.1. The van der Waals surface area contributed by atoms with Gasteiger partial charge < -0.3 is 14.8 Å². The van der Waals surface area contributed by atoms with E-state index in [4.69, 9.17) is 21.4 Å². The summed E-state index contributed by atoms with van der Waals surface area (Å²) in [5, 5.41) is 10.1. The number of hydrogen-bond donors (Lipinski definition) is 2. The molecule has 0 saturated heterocycles. The molecule has 1 aliphatic rings. The second kappa shape index (κ2) is 5.46. The second-order valence-electron chi connectivity index (χ2n) is 5.04. The summed E-state index contributed by atoms with van der Waals surface area (Å²) in [5.41, 5.74) is 4.34. The van der Waals surface area contributed by atoms with E-state index in [9.17, 15) is 4.79 Å². The van der Waals surface area contributed by atoms with Gasteiger partial charge in [0.15, 0.2) is 0 Å². The first kappa shape index (κ1) is 13.5. The van der Waals surface area contributed by atoms with E-state index >= 15 is 0 Å². The fraction of sp³-hybridized carbons (Fsp3) is 0.400. The summed E-state index contributed by atoms with van der Waals surface area (Å²) in [4.78, 5) is 14.2. The molecule has 0 saturated carbocycles. The summed E-state index contributed by atoms with van der Waals surface area (Å²) < 4.78 is 5.59. The highest BCUT2D eigenvalue weighted by molar-refractivity contribution is 6.18. The molecule has 20 heavy (non-hydrogen) atoms. The summed E-state index contributed by atoms with van der Waals surface area (Å²) in [5.74, 6) is -0.243. The number of aliphatic carboxylic acids is 1. The van der Waals surface area contributed by atoms with Crippen molar-refractivity contribution < 1.29 is 14.6 Å². The van der Waals surface area contributed by atoms with Crippen molar-refractivity contribution in [2.75, 3.05) is 12.5 Å². The monoisotopic (exact) mass is 293 g/mol. The molecule has 4 nitrogen and oxygen atoms in total. The number of aryl methyl sites for hydroxylation is 1. The van der Waals surface area contributed by atoms with Crippen LogP contribution in [0.3, 0.4) is 0 Å². The average Bonchev–Trinajstić information content (AvgIpc) is 2.78. The average molecular weight is 294 g/mol. The molecule has 2 N–H and O–H groups in total. The molecule has 0 amide bonds. The van der Waals surface area contributed by atoms with Gasteiger partial charge in [0.05, 0.1) is 13.0 Å². The van der Waals surface area contributed by atoms with E-state index < -0.39 is 5.97 Å². The number of hydrogen-bond acceptors (Lipinski definition) is 2. The van der Waals surface area contributed by atoms with Crippen molar-refractivity contribution in [1.29, 1.82) is 0 Å². The van der Waals surface area contributed by atoms with Crippen LogP contribution in [0.2, 0.25) is 0 Å². The maximum Gasteiger partial charge on any atom is 0.306 e. The number of ether oxygens (including phenoxy) is 1. The number of aromatic amines is 1. The predicted octanol–water partition coefficient (Wildman–Crippen LogP) is 3.04. The van der Waals surface area contributed by atoms with Crippen molar-refractivity contribution in [2.24, 2.45) is 0 Å². The van der Waals surface area contributed by atoms with E-state index in [2.05, 4.69) is 17.1 Å². The van der Waals surface area contributed by atoms with Crippen LogP contribution in [0, 0.1) is 0 Å². The molecule has 2 aromatic rings. The zero-order valence-corrected chi connectivity index (χ0v) is 11.7. The molecule has 0 fully saturated rings. The number of alkyl halides is 1. The molecular weight excluding hydrogens is 278 g/mol. The number of fused-ring (bicyclic) bond motifs is 3. The van der Waals surface area contributed by atoms with Crippen molar-refractivity contribution in [1.82, 2.24) is 4.98 Å². The SMILES string of the molecule is O=C(O)CC1OCCc2c1[nH]c1ccc(CCCl)cc21. The Morgan fingerprint density at radius 2 is 2.35 bits per heavy atom. The first-order valence-corrected chi connectivity index (χ1v) is 7.25. The topological polar surface area (TPSA) is 62.3 Å². The Kier molecular flexibility index (Phi) is 3.68. The minimum atomic E-state index is -0.843. The molecule has 1 atom stereocenters. The van der Waals surface area contributed by atoms with E-state index in [0.29, 0.717) is 12.5 Å². The van der Waals surface area contributed by atoms with Crippen LogP contribution in [0.25, 0.3) is 10.9 Å². The van der Waals surface area contributed by atoms with Crippen molar-refractivity contribution in [3.05, 3.63) is 35.0 Å². The van der Waals surface area contributed by atoms with Crippen LogP contribution in [0.4, 0.5) is 0 Å². The van der Waals surface area contributed by atoms with E-state index in [0.717, 1.165) is 24.1 Å². The fourth-order valence-corrected chi connectivity index (χ4v) is 3.05. The van der Waals surface area contributed by atoms with E-state index in [1.165, 1.54) is 16.5 Å². The third-order valence-electron chi connectivity index (χ3n) is 3.74. The number of H-pyrrole nitrogens is 1. The smallest absolute Gasteiger partial charge is 0.306 e. The van der Waals surface area contributed by atoms with Gasteiger partial charge in [0.2, 0.25) is 0 Å². The van der Waals surface area contributed by atoms with E-state index in [1.807, 2.05) is 6.07 Å². The van der Waals surface area contributed by atoms with Gasteiger partial charge in [0.1, 0.15) is 6.10 Å². The summed E-state index contributed by atoms with van der Waals surface area (Å²) in [6.07, 6.45) is 1.27. The van der Waals surface area contributed by atoms with E-state index in [1.54, 1.807) is 0 Å². The highest BCUT2D eigenvalue weighted by atomic mass is 35.5. The Hall–Kier alpha value is -1.52. The molecule has 1 unspecified atom stereocenters. The number of halogens is 1. The number of carboxylic acid groups (broad SMARTS) is 1. The van der Waals surface area contributed by atoms with Gasteiger partial charge in [-0.15, -0.1) is 11.6 Å². The Labute approximate surface area is 121 Å². The second-order valence-corrected chi connectivity index (χ2v) is 5.42. The van der Waals surface area contributed by atoms with Crippen molar-refractivity contribution >= 4 is 28.5 Å². The molecule has 1 aromatic carbocycles. The lowest BCUT2D eigenvalue weighted by atomic mass is 9.99. The number of carbonyl (C=O) groups is 1. The van der Waals surface area contributed by atoms with Crippen LogP contribution in [0.1, 0.15) is 29.3 Å². The number of nitrogens with one attached hydrogen (secondary N) is 1. The lowest BCUT2D eigenvalue weighted by Gasteiger charge is -2.22. The number of aromatic nitrogens is 1. The molecule has 0 radical (unpaired) electrons. The minimum absolute atomic E-state index is 0.00560. The fourth-order valence-electron chi connectivity index (χ4n) is 2.83. The predicted molar refractivity (Wildman–Crippen MR) is 77.4 cm³/mol. The van der Waals surface area contributed by atoms with Crippen LogP contribution < -0.4 is 0 Å². The molecule has 106 valence electrons. The van der Waals surface area contributed by atoms with Gasteiger partial charge in [0, 0.05) is 22.5 Å². The molecule has 0 aliphatic carbocycles. The highest BCUT2D eigenvalue weighted by Crippen LogP contribution is 2.34. The summed E-state index contributed by atoms with van der Waals surface area (Å²) >= 11 is 5.79. The number of rotatable bonds is 4. The van der Waals surface area contributed by atoms with Gasteiger partial charge in [-0.05, 0) is 36.1 Å². The lowest BCUT2D eigenvalue weighted by molar-refractivity contribution is -0.140. The number of benzene rings is 1. The van der Waals surface area contributed by atoms with Gasteiger partial charge in [-0.2, -0.15) is 0 Å². The zero-order valence-electron chi connectivity index (χ0n) is 11.0. The minimum Gasteiger partial charge on any atom is -0.481 e. The highest BCUT2D eigenvalue weighted by Gasteiger charge is 2.26. The zero-order chi connectivity index (χ0) is 14.1. The van der Waals surface area contributed by atoms with Crippen LogP contribution in [-0.4, -0.2) is 28.5 Å². The Morgan fingerprint density at radius 1 is 1.50 bits per heavy atom. The van der Waals surface area contributed by atoms with Crippen LogP contribution in [0.15, 0.2) is 18.2 Å².